The number of rotatable bonds is 3. The fourth-order valence-electron chi connectivity index (χ4n) is 4.36. The number of amides is 1. The summed E-state index contributed by atoms with van der Waals surface area (Å²) < 4.78 is 2.10. The number of anilines is 1. The number of benzene rings is 2. The Morgan fingerprint density at radius 1 is 1.00 bits per heavy atom. The number of halogens is 2. The molecule has 0 bridgehead atoms. The molecule has 1 aliphatic rings. The molecule has 0 fully saturated rings. The van der Waals surface area contributed by atoms with Crippen LogP contribution in [0, 0.1) is 6.92 Å². The lowest BCUT2D eigenvalue weighted by atomic mass is 10.0. The first-order chi connectivity index (χ1) is 15.1. The lowest BCUT2D eigenvalue weighted by Gasteiger charge is -2.28. The fraction of sp³-hybridized carbons (Fsp3) is 0.120. The van der Waals surface area contributed by atoms with Crippen LogP contribution in [0.2, 0.25) is 10.0 Å². The molecule has 0 N–H and O–H groups in total. The third-order valence-electron chi connectivity index (χ3n) is 5.70. The molecule has 0 radical (unpaired) electrons. The number of pyridine rings is 1. The maximum Gasteiger partial charge on any atom is 0.260 e. The van der Waals surface area contributed by atoms with Gasteiger partial charge in [0.05, 0.1) is 22.0 Å². The van der Waals surface area contributed by atoms with Crippen LogP contribution in [0.1, 0.15) is 21.6 Å². The molecule has 6 heteroatoms. The van der Waals surface area contributed by atoms with Crippen molar-refractivity contribution in [2.24, 2.45) is 0 Å². The van der Waals surface area contributed by atoms with Gasteiger partial charge in [0.2, 0.25) is 0 Å². The van der Waals surface area contributed by atoms with Gasteiger partial charge in [-0.2, -0.15) is 0 Å². The van der Waals surface area contributed by atoms with E-state index in [9.17, 15) is 4.79 Å². The summed E-state index contributed by atoms with van der Waals surface area (Å²) in [6, 6.07) is 19.1. The summed E-state index contributed by atoms with van der Waals surface area (Å²) in [5.74, 6) is -0.000994. The zero-order valence-corrected chi connectivity index (χ0v) is 18.4. The molecule has 154 valence electrons. The normalized spacial score (nSPS) is 13.4. The Labute approximate surface area is 190 Å². The van der Waals surface area contributed by atoms with Gasteiger partial charge in [-0.05, 0) is 55.0 Å². The Kier molecular flexibility index (Phi) is 5.05. The van der Waals surface area contributed by atoms with Crippen molar-refractivity contribution in [2.45, 2.75) is 13.3 Å². The lowest BCUT2D eigenvalue weighted by Crippen LogP contribution is -2.38. The second-order valence-electron chi connectivity index (χ2n) is 7.51. The van der Waals surface area contributed by atoms with Crippen LogP contribution in [-0.4, -0.2) is 22.0 Å². The molecule has 0 spiro atoms. The molecule has 0 unspecified atom stereocenters. The van der Waals surface area contributed by atoms with Crippen molar-refractivity contribution in [3.8, 4) is 16.9 Å². The van der Waals surface area contributed by atoms with E-state index in [1.54, 1.807) is 12.3 Å². The number of nitrogens with zero attached hydrogens (tertiary/aromatic N) is 3. The number of aromatic nitrogens is 2. The van der Waals surface area contributed by atoms with Gasteiger partial charge in [-0.25, -0.2) is 0 Å². The van der Waals surface area contributed by atoms with Gasteiger partial charge in [-0.15, -0.1) is 0 Å². The molecule has 0 saturated heterocycles. The largest absolute Gasteiger partial charge is 0.311 e. The van der Waals surface area contributed by atoms with Crippen LogP contribution in [0.15, 0.2) is 73.1 Å². The van der Waals surface area contributed by atoms with Gasteiger partial charge in [-0.1, -0.05) is 41.4 Å². The Morgan fingerprint density at radius 3 is 2.52 bits per heavy atom. The number of hydrogen-bond donors (Lipinski definition) is 0. The molecule has 5 rings (SSSR count). The van der Waals surface area contributed by atoms with Crippen LogP contribution in [-0.2, 0) is 6.42 Å². The lowest BCUT2D eigenvalue weighted by molar-refractivity contribution is 0.0980. The van der Waals surface area contributed by atoms with Crippen LogP contribution < -0.4 is 4.90 Å². The summed E-state index contributed by atoms with van der Waals surface area (Å²) >= 11 is 12.8. The van der Waals surface area contributed by atoms with E-state index in [4.69, 9.17) is 23.2 Å². The van der Waals surface area contributed by atoms with Crippen molar-refractivity contribution in [1.29, 1.82) is 0 Å². The first kappa shape index (κ1) is 19.9. The Hall–Kier alpha value is -3.08. The standard InChI is InChI=1S/C25H19Cl2N3O/c1-16-23-22(11-13-29(25(23)31)19-7-3-2-4-8-19)30(21-10-9-18(26)14-20(21)27)24(16)17-6-5-12-28-15-17/h2-10,12,14-15H,11,13H2,1H3. The Bertz CT molecular complexity index is 1280. The van der Waals surface area contributed by atoms with Crippen LogP contribution >= 0.6 is 23.2 Å². The van der Waals surface area contributed by atoms with Crippen LogP contribution in [0.3, 0.4) is 0 Å². The molecule has 4 nitrogen and oxygen atoms in total. The summed E-state index contributed by atoms with van der Waals surface area (Å²) in [4.78, 5) is 19.8. The number of fused-ring (bicyclic) bond motifs is 1. The minimum atomic E-state index is -0.000994. The van der Waals surface area contributed by atoms with Gasteiger partial charge in [0.25, 0.3) is 5.91 Å². The monoisotopic (exact) mass is 447 g/mol. The second kappa shape index (κ2) is 7.88. The minimum absolute atomic E-state index is 0.000994. The molecular weight excluding hydrogens is 429 g/mol. The van der Waals surface area contributed by atoms with Gasteiger partial charge in [0.1, 0.15) is 0 Å². The van der Waals surface area contributed by atoms with E-state index >= 15 is 0 Å². The van der Waals surface area contributed by atoms with Crippen molar-refractivity contribution in [3.05, 3.63) is 99.9 Å². The molecule has 31 heavy (non-hydrogen) atoms. The number of carbonyl (C=O) groups excluding carboxylic acids is 1. The van der Waals surface area contributed by atoms with Gasteiger partial charge in [0.15, 0.2) is 0 Å². The van der Waals surface area contributed by atoms with E-state index in [1.165, 1.54) is 0 Å². The van der Waals surface area contributed by atoms with Crippen LogP contribution in [0.25, 0.3) is 16.9 Å². The number of carbonyl (C=O) groups is 1. The highest BCUT2D eigenvalue weighted by molar-refractivity contribution is 6.35. The van der Waals surface area contributed by atoms with Crippen molar-refractivity contribution in [2.75, 3.05) is 11.4 Å². The summed E-state index contributed by atoms with van der Waals surface area (Å²) in [5, 5.41) is 1.11. The molecule has 3 heterocycles. The number of hydrogen-bond acceptors (Lipinski definition) is 2. The zero-order valence-electron chi connectivity index (χ0n) is 16.8. The fourth-order valence-corrected chi connectivity index (χ4v) is 4.85. The summed E-state index contributed by atoms with van der Waals surface area (Å²) in [6.45, 7) is 2.59. The molecule has 2 aromatic heterocycles. The highest BCUT2D eigenvalue weighted by Gasteiger charge is 2.34. The molecule has 1 amide bonds. The maximum atomic E-state index is 13.6. The van der Waals surface area contributed by atoms with Crippen molar-refractivity contribution in [3.63, 3.8) is 0 Å². The van der Waals surface area contributed by atoms with Gasteiger partial charge >= 0.3 is 0 Å². The average Bonchev–Trinajstić information content (AvgIpc) is 3.08. The molecular formula is C25H19Cl2N3O. The Balaban J connectivity index is 1.76. The quantitative estimate of drug-likeness (QED) is 0.366. The van der Waals surface area contributed by atoms with E-state index in [1.807, 2.05) is 72.6 Å². The van der Waals surface area contributed by atoms with Crippen molar-refractivity contribution < 1.29 is 4.79 Å². The predicted octanol–water partition coefficient (Wildman–Crippen LogP) is 6.36. The van der Waals surface area contributed by atoms with E-state index in [-0.39, 0.29) is 5.91 Å². The second-order valence-corrected chi connectivity index (χ2v) is 8.35. The van der Waals surface area contributed by atoms with Crippen molar-refractivity contribution in [1.82, 2.24) is 9.55 Å². The summed E-state index contributed by atoms with van der Waals surface area (Å²) in [6.07, 6.45) is 4.26. The first-order valence-electron chi connectivity index (χ1n) is 10.0. The SMILES string of the molecule is Cc1c2c(n(-c3ccc(Cl)cc3Cl)c1-c1cccnc1)CCN(c1ccccc1)C2=O. The first-order valence-corrected chi connectivity index (χ1v) is 10.8. The van der Waals surface area contributed by atoms with Crippen LogP contribution in [0.4, 0.5) is 5.69 Å². The van der Waals surface area contributed by atoms with E-state index in [0.29, 0.717) is 23.0 Å². The molecule has 4 aromatic rings. The molecule has 0 aliphatic carbocycles. The van der Waals surface area contributed by atoms with E-state index in [0.717, 1.165) is 39.5 Å². The maximum absolute atomic E-state index is 13.6. The highest BCUT2D eigenvalue weighted by Crippen LogP contribution is 2.39. The highest BCUT2D eigenvalue weighted by atomic mass is 35.5. The molecule has 0 atom stereocenters. The third-order valence-corrected chi connectivity index (χ3v) is 6.23. The Morgan fingerprint density at radius 2 is 1.81 bits per heavy atom. The van der Waals surface area contributed by atoms with Gasteiger partial charge in [0, 0.05) is 47.3 Å². The minimum Gasteiger partial charge on any atom is -0.311 e. The topological polar surface area (TPSA) is 38.1 Å². The summed E-state index contributed by atoms with van der Waals surface area (Å²) in [7, 11) is 0. The van der Waals surface area contributed by atoms with E-state index < -0.39 is 0 Å². The third kappa shape index (κ3) is 3.32. The van der Waals surface area contributed by atoms with Crippen LogP contribution in [0.5, 0.6) is 0 Å². The van der Waals surface area contributed by atoms with Gasteiger partial charge in [-0.3, -0.25) is 9.78 Å². The van der Waals surface area contributed by atoms with E-state index in [2.05, 4.69) is 9.55 Å². The predicted molar refractivity (Wildman–Crippen MR) is 126 cm³/mol. The molecule has 1 aliphatic heterocycles. The molecule has 0 saturated carbocycles. The number of para-hydroxylation sites is 1. The smallest absolute Gasteiger partial charge is 0.260 e. The average molecular weight is 448 g/mol. The zero-order chi connectivity index (χ0) is 21.5. The van der Waals surface area contributed by atoms with Crippen molar-refractivity contribution >= 4 is 34.8 Å². The molecule has 2 aromatic carbocycles. The van der Waals surface area contributed by atoms with Gasteiger partial charge < -0.3 is 9.47 Å². The summed E-state index contributed by atoms with van der Waals surface area (Å²) in [5.41, 5.74) is 6.15.